The van der Waals surface area contributed by atoms with Crippen LogP contribution >= 0.6 is 0 Å². The number of aromatic nitrogens is 2. The molecule has 0 saturated carbocycles. The maximum atomic E-state index is 12.9. The lowest BCUT2D eigenvalue weighted by molar-refractivity contribution is -0.140. The van der Waals surface area contributed by atoms with Crippen molar-refractivity contribution >= 4 is 17.6 Å². The van der Waals surface area contributed by atoms with E-state index in [1.807, 2.05) is 24.0 Å². The van der Waals surface area contributed by atoms with Gasteiger partial charge in [0, 0.05) is 44.7 Å². The number of amides is 2. The zero-order valence-corrected chi connectivity index (χ0v) is 19.6. The third-order valence-corrected chi connectivity index (χ3v) is 5.93. The number of hydrogen-bond acceptors (Lipinski definition) is 5. The van der Waals surface area contributed by atoms with Crippen LogP contribution in [0.1, 0.15) is 45.1 Å². The molecular formula is C25H35N5O2. The highest BCUT2D eigenvalue weighted by molar-refractivity contribution is 5.84. The maximum Gasteiger partial charge on any atom is 0.242 e. The number of anilines is 1. The van der Waals surface area contributed by atoms with E-state index in [-0.39, 0.29) is 18.4 Å². The van der Waals surface area contributed by atoms with E-state index in [1.54, 1.807) is 4.90 Å². The molecule has 1 fully saturated rings. The molecule has 172 valence electrons. The second-order valence-corrected chi connectivity index (χ2v) is 8.39. The average Bonchev–Trinajstić information content (AvgIpc) is 3.08. The minimum Gasteiger partial charge on any atom is -0.353 e. The fourth-order valence-electron chi connectivity index (χ4n) is 3.90. The van der Waals surface area contributed by atoms with E-state index in [2.05, 4.69) is 53.2 Å². The van der Waals surface area contributed by atoms with Gasteiger partial charge in [0.1, 0.15) is 0 Å². The van der Waals surface area contributed by atoms with Crippen molar-refractivity contribution < 1.29 is 9.59 Å². The number of rotatable bonds is 8. The van der Waals surface area contributed by atoms with Gasteiger partial charge in [-0.25, -0.2) is 0 Å². The van der Waals surface area contributed by atoms with Crippen LogP contribution in [-0.2, 0) is 9.59 Å². The number of carbonyl (C=O) groups excluding carboxylic acids is 2. The number of hydrogen-bond donors (Lipinski definition) is 0. The molecule has 32 heavy (non-hydrogen) atoms. The van der Waals surface area contributed by atoms with Crippen LogP contribution in [0.5, 0.6) is 0 Å². The molecule has 1 aromatic carbocycles. The molecule has 0 N–H and O–H groups in total. The van der Waals surface area contributed by atoms with E-state index >= 15 is 0 Å². The fraction of sp³-hybridized carbons (Fsp3) is 0.520. The quantitative estimate of drug-likeness (QED) is 0.632. The summed E-state index contributed by atoms with van der Waals surface area (Å²) in [6.45, 7) is 9.70. The Morgan fingerprint density at radius 1 is 0.969 bits per heavy atom. The molecule has 0 aliphatic carbocycles. The third-order valence-electron chi connectivity index (χ3n) is 5.93. The Balaban J connectivity index is 1.58. The Bertz CT molecular complexity index is 882. The van der Waals surface area contributed by atoms with E-state index in [1.165, 1.54) is 5.56 Å². The largest absolute Gasteiger partial charge is 0.353 e. The van der Waals surface area contributed by atoms with Gasteiger partial charge in [0.2, 0.25) is 11.8 Å². The highest BCUT2D eigenvalue weighted by atomic mass is 16.2. The molecule has 0 radical (unpaired) electrons. The van der Waals surface area contributed by atoms with Gasteiger partial charge in [-0.1, -0.05) is 50.1 Å². The SMILES string of the molecule is CCCCN(CC(=O)N1CCCN(c2ccc(-c3ccc(C)cc3)nn2)CC1)C(=O)CC. The van der Waals surface area contributed by atoms with Gasteiger partial charge in [-0.3, -0.25) is 9.59 Å². The normalized spacial score (nSPS) is 14.2. The van der Waals surface area contributed by atoms with Gasteiger partial charge in [-0.15, -0.1) is 10.2 Å². The van der Waals surface area contributed by atoms with E-state index in [0.29, 0.717) is 32.6 Å². The molecule has 1 aliphatic rings. The monoisotopic (exact) mass is 437 g/mol. The Morgan fingerprint density at radius 3 is 2.41 bits per heavy atom. The summed E-state index contributed by atoms with van der Waals surface area (Å²) in [5.74, 6) is 0.915. The van der Waals surface area contributed by atoms with E-state index < -0.39 is 0 Å². The highest BCUT2D eigenvalue weighted by Crippen LogP contribution is 2.20. The first kappa shape index (κ1) is 23.7. The van der Waals surface area contributed by atoms with Crippen LogP contribution in [-0.4, -0.2) is 71.1 Å². The molecule has 0 unspecified atom stereocenters. The highest BCUT2D eigenvalue weighted by Gasteiger charge is 2.23. The smallest absolute Gasteiger partial charge is 0.242 e. The third kappa shape index (κ3) is 6.28. The minimum absolute atomic E-state index is 0.0329. The zero-order valence-electron chi connectivity index (χ0n) is 19.6. The van der Waals surface area contributed by atoms with Crippen molar-refractivity contribution in [1.29, 1.82) is 0 Å². The molecule has 2 amide bonds. The van der Waals surface area contributed by atoms with Crippen LogP contribution in [0.25, 0.3) is 11.3 Å². The fourth-order valence-corrected chi connectivity index (χ4v) is 3.90. The second kappa shape index (κ2) is 11.6. The van der Waals surface area contributed by atoms with E-state index in [0.717, 1.165) is 42.9 Å². The topological polar surface area (TPSA) is 69.6 Å². The van der Waals surface area contributed by atoms with Crippen LogP contribution in [0, 0.1) is 6.92 Å². The molecule has 1 aromatic heterocycles. The molecule has 7 heteroatoms. The first-order valence-electron chi connectivity index (χ1n) is 11.7. The van der Waals surface area contributed by atoms with Gasteiger partial charge >= 0.3 is 0 Å². The van der Waals surface area contributed by atoms with Crippen LogP contribution in [0.3, 0.4) is 0 Å². The van der Waals surface area contributed by atoms with Crippen molar-refractivity contribution in [3.05, 3.63) is 42.0 Å². The van der Waals surface area contributed by atoms with Gasteiger partial charge in [0.15, 0.2) is 5.82 Å². The molecule has 3 rings (SSSR count). The van der Waals surface area contributed by atoms with Crippen LogP contribution in [0.15, 0.2) is 36.4 Å². The molecule has 0 spiro atoms. The van der Waals surface area contributed by atoms with Crippen molar-refractivity contribution in [2.24, 2.45) is 0 Å². The summed E-state index contributed by atoms with van der Waals surface area (Å²) in [5, 5.41) is 8.87. The number of nitrogens with zero attached hydrogens (tertiary/aromatic N) is 5. The lowest BCUT2D eigenvalue weighted by Crippen LogP contribution is -2.44. The Kier molecular flexibility index (Phi) is 8.59. The van der Waals surface area contributed by atoms with E-state index in [9.17, 15) is 9.59 Å². The first-order valence-corrected chi connectivity index (χ1v) is 11.7. The molecule has 1 saturated heterocycles. The van der Waals surface area contributed by atoms with Gasteiger partial charge in [-0.05, 0) is 31.9 Å². The van der Waals surface area contributed by atoms with Crippen LogP contribution in [0.2, 0.25) is 0 Å². The summed E-state index contributed by atoms with van der Waals surface area (Å²) in [7, 11) is 0. The number of carbonyl (C=O) groups is 2. The molecular weight excluding hydrogens is 402 g/mol. The summed E-state index contributed by atoms with van der Waals surface area (Å²) in [6, 6.07) is 12.3. The van der Waals surface area contributed by atoms with Gasteiger partial charge in [-0.2, -0.15) is 0 Å². The lowest BCUT2D eigenvalue weighted by Gasteiger charge is -2.27. The number of unbranched alkanes of at least 4 members (excludes halogenated alkanes) is 1. The van der Waals surface area contributed by atoms with Gasteiger partial charge in [0.05, 0.1) is 12.2 Å². The molecule has 7 nitrogen and oxygen atoms in total. The standard InChI is InChI=1S/C25H35N5O2/c1-4-6-14-30(24(31)5-2)19-25(32)29-16-7-15-28(17-18-29)23-13-12-22(26-27-23)21-10-8-20(3)9-11-21/h8-13H,4-7,14-19H2,1-3H3. The summed E-state index contributed by atoms with van der Waals surface area (Å²) >= 11 is 0. The van der Waals surface area contributed by atoms with Crippen molar-refractivity contribution in [1.82, 2.24) is 20.0 Å². The van der Waals surface area contributed by atoms with Gasteiger partial charge < -0.3 is 14.7 Å². The predicted octanol–water partition coefficient (Wildman–Crippen LogP) is 3.53. The maximum absolute atomic E-state index is 12.9. The zero-order chi connectivity index (χ0) is 22.9. The van der Waals surface area contributed by atoms with Gasteiger partial charge in [0.25, 0.3) is 0 Å². The molecule has 0 bridgehead atoms. The summed E-state index contributed by atoms with van der Waals surface area (Å²) in [5.41, 5.74) is 3.12. The van der Waals surface area contributed by atoms with Crippen LogP contribution in [0.4, 0.5) is 5.82 Å². The first-order chi connectivity index (χ1) is 15.5. The molecule has 0 atom stereocenters. The lowest BCUT2D eigenvalue weighted by atomic mass is 10.1. The van der Waals surface area contributed by atoms with E-state index in [4.69, 9.17) is 0 Å². The summed E-state index contributed by atoms with van der Waals surface area (Å²) in [6.07, 6.45) is 3.22. The molecule has 1 aliphatic heterocycles. The van der Waals surface area contributed by atoms with Crippen molar-refractivity contribution in [3.8, 4) is 11.3 Å². The Hall–Kier alpha value is -2.96. The molecule has 2 heterocycles. The average molecular weight is 438 g/mol. The minimum atomic E-state index is 0.0329. The number of benzene rings is 1. The summed E-state index contributed by atoms with van der Waals surface area (Å²) < 4.78 is 0. The second-order valence-electron chi connectivity index (χ2n) is 8.39. The molecule has 2 aromatic rings. The van der Waals surface area contributed by atoms with Crippen molar-refractivity contribution in [3.63, 3.8) is 0 Å². The summed E-state index contributed by atoms with van der Waals surface area (Å²) in [4.78, 5) is 30.9. The Morgan fingerprint density at radius 2 is 1.75 bits per heavy atom. The van der Waals surface area contributed by atoms with Crippen molar-refractivity contribution in [2.75, 3.05) is 44.2 Å². The number of aryl methyl sites for hydroxylation is 1. The van der Waals surface area contributed by atoms with Crippen LogP contribution < -0.4 is 4.90 Å². The Labute approximate surface area is 191 Å². The van der Waals surface area contributed by atoms with Crippen molar-refractivity contribution in [2.45, 2.75) is 46.5 Å². The predicted molar refractivity (Wildman–Crippen MR) is 127 cm³/mol.